The van der Waals surface area contributed by atoms with Gasteiger partial charge in [-0.3, -0.25) is 0 Å². The van der Waals surface area contributed by atoms with Gasteiger partial charge < -0.3 is 9.73 Å². The molecule has 18 heavy (non-hydrogen) atoms. The third-order valence-corrected chi connectivity index (χ3v) is 2.87. The molecule has 0 saturated heterocycles. The summed E-state index contributed by atoms with van der Waals surface area (Å²) in [4.78, 5) is 8.30. The zero-order valence-electron chi connectivity index (χ0n) is 9.99. The van der Waals surface area contributed by atoms with E-state index in [-0.39, 0.29) is 0 Å². The number of anilines is 1. The van der Waals surface area contributed by atoms with Crippen LogP contribution in [-0.2, 0) is 6.54 Å². The largest absolute Gasteiger partial charge is 0.444 e. The summed E-state index contributed by atoms with van der Waals surface area (Å²) in [5, 5.41) is 12.1. The van der Waals surface area contributed by atoms with E-state index in [1.54, 1.807) is 6.07 Å². The smallest absolute Gasteiger partial charge is 0.213 e. The molecule has 5 nitrogen and oxygen atoms in total. The zero-order chi connectivity index (χ0) is 13.1. The summed E-state index contributed by atoms with van der Waals surface area (Å²) in [5.74, 6) is 1.80. The molecule has 0 aliphatic rings. The number of nitriles is 1. The Morgan fingerprint density at radius 2 is 2.28 bits per heavy atom. The Balaban J connectivity index is 2.14. The second kappa shape index (κ2) is 5.07. The molecule has 92 valence electrons. The maximum absolute atomic E-state index is 8.85. The van der Waals surface area contributed by atoms with Crippen LogP contribution in [0.15, 0.2) is 16.7 Å². The molecule has 0 bridgehead atoms. The first kappa shape index (κ1) is 12.4. The van der Waals surface area contributed by atoms with Gasteiger partial charge in [0.2, 0.25) is 5.89 Å². The summed E-state index contributed by atoms with van der Waals surface area (Å²) >= 11 is 6.01. The number of hydrogen-bond donors (Lipinski definition) is 1. The molecule has 0 fully saturated rings. The first-order chi connectivity index (χ1) is 8.61. The first-order valence-corrected chi connectivity index (χ1v) is 5.71. The van der Waals surface area contributed by atoms with E-state index in [1.165, 1.54) is 6.20 Å². The fourth-order valence-corrected chi connectivity index (χ4v) is 1.65. The summed E-state index contributed by atoms with van der Waals surface area (Å²) in [6.07, 6.45) is 1.53. The number of aromatic nitrogens is 2. The molecule has 0 spiro atoms. The van der Waals surface area contributed by atoms with Crippen molar-refractivity contribution in [3.63, 3.8) is 0 Å². The number of hydrogen-bond acceptors (Lipinski definition) is 5. The summed E-state index contributed by atoms with van der Waals surface area (Å²) in [7, 11) is 0. The summed E-state index contributed by atoms with van der Waals surface area (Å²) < 4.78 is 5.42. The second-order valence-electron chi connectivity index (χ2n) is 3.74. The lowest BCUT2D eigenvalue weighted by atomic mass is 10.3. The van der Waals surface area contributed by atoms with Gasteiger partial charge in [-0.05, 0) is 19.9 Å². The third kappa shape index (κ3) is 2.44. The van der Waals surface area contributed by atoms with E-state index in [9.17, 15) is 0 Å². The molecule has 0 atom stereocenters. The molecule has 0 aliphatic carbocycles. The van der Waals surface area contributed by atoms with Gasteiger partial charge in [0.15, 0.2) is 0 Å². The van der Waals surface area contributed by atoms with E-state index in [0.29, 0.717) is 28.8 Å². The normalized spacial score (nSPS) is 10.1. The number of oxazole rings is 1. The number of nitrogens with one attached hydrogen (secondary N) is 1. The van der Waals surface area contributed by atoms with Crippen LogP contribution in [0.3, 0.4) is 0 Å². The van der Waals surface area contributed by atoms with Crippen LogP contribution in [0.1, 0.15) is 22.9 Å². The standard InChI is InChI=1S/C12H11ClN4O/c1-7-8(2)18-10(17-7)6-16-12-11(13)9(5-14)3-4-15-12/h3-4H,6H2,1-2H3,(H,15,16). The lowest BCUT2D eigenvalue weighted by Crippen LogP contribution is -2.03. The van der Waals surface area contributed by atoms with E-state index in [2.05, 4.69) is 15.3 Å². The van der Waals surface area contributed by atoms with Crippen molar-refractivity contribution < 1.29 is 4.42 Å². The van der Waals surface area contributed by atoms with Crippen LogP contribution in [0.4, 0.5) is 5.82 Å². The summed E-state index contributed by atoms with van der Waals surface area (Å²) in [6.45, 7) is 4.10. The van der Waals surface area contributed by atoms with E-state index in [4.69, 9.17) is 21.3 Å². The van der Waals surface area contributed by atoms with Crippen LogP contribution < -0.4 is 5.32 Å². The van der Waals surface area contributed by atoms with Crippen LogP contribution in [0.5, 0.6) is 0 Å². The van der Waals surface area contributed by atoms with E-state index in [0.717, 1.165) is 11.5 Å². The molecule has 2 aromatic rings. The predicted molar refractivity (Wildman–Crippen MR) is 67.3 cm³/mol. The molecule has 1 N–H and O–H groups in total. The van der Waals surface area contributed by atoms with Gasteiger partial charge in [-0.15, -0.1) is 0 Å². The minimum absolute atomic E-state index is 0.306. The minimum atomic E-state index is 0.306. The number of halogens is 1. The summed E-state index contributed by atoms with van der Waals surface area (Å²) in [6, 6.07) is 3.56. The van der Waals surface area contributed by atoms with Crippen LogP contribution in [0, 0.1) is 25.2 Å². The van der Waals surface area contributed by atoms with Crippen LogP contribution >= 0.6 is 11.6 Å². The Morgan fingerprint density at radius 3 is 2.89 bits per heavy atom. The monoisotopic (exact) mass is 262 g/mol. The van der Waals surface area contributed by atoms with Crippen molar-refractivity contribution in [1.82, 2.24) is 9.97 Å². The van der Waals surface area contributed by atoms with Gasteiger partial charge in [-0.25, -0.2) is 9.97 Å². The number of nitrogens with zero attached hydrogens (tertiary/aromatic N) is 3. The van der Waals surface area contributed by atoms with Crippen molar-refractivity contribution in [2.24, 2.45) is 0 Å². The second-order valence-corrected chi connectivity index (χ2v) is 4.11. The van der Waals surface area contributed by atoms with Gasteiger partial charge in [0.1, 0.15) is 22.7 Å². The van der Waals surface area contributed by atoms with Gasteiger partial charge in [0, 0.05) is 6.20 Å². The lowest BCUT2D eigenvalue weighted by molar-refractivity contribution is 0.478. The third-order valence-electron chi connectivity index (χ3n) is 2.49. The molecule has 0 amide bonds. The number of aryl methyl sites for hydroxylation is 2. The highest BCUT2D eigenvalue weighted by atomic mass is 35.5. The lowest BCUT2D eigenvalue weighted by Gasteiger charge is -2.05. The topological polar surface area (TPSA) is 74.7 Å². The highest BCUT2D eigenvalue weighted by molar-refractivity contribution is 6.34. The Labute approximate surface area is 109 Å². The van der Waals surface area contributed by atoms with Crippen molar-refractivity contribution >= 4 is 17.4 Å². The summed E-state index contributed by atoms with van der Waals surface area (Å²) in [5.41, 5.74) is 1.24. The van der Waals surface area contributed by atoms with Gasteiger partial charge in [0.25, 0.3) is 0 Å². The average molecular weight is 263 g/mol. The maximum atomic E-state index is 8.85. The highest BCUT2D eigenvalue weighted by Crippen LogP contribution is 2.23. The highest BCUT2D eigenvalue weighted by Gasteiger charge is 2.09. The molecule has 0 saturated carbocycles. The molecule has 2 aromatic heterocycles. The van der Waals surface area contributed by atoms with Crippen molar-refractivity contribution in [3.8, 4) is 6.07 Å². The van der Waals surface area contributed by atoms with Crippen molar-refractivity contribution in [1.29, 1.82) is 5.26 Å². The number of rotatable bonds is 3. The molecule has 2 heterocycles. The van der Waals surface area contributed by atoms with E-state index in [1.807, 2.05) is 19.9 Å². The van der Waals surface area contributed by atoms with Crippen LogP contribution in [0.2, 0.25) is 5.02 Å². The zero-order valence-corrected chi connectivity index (χ0v) is 10.7. The fraction of sp³-hybridized carbons (Fsp3) is 0.250. The molecular weight excluding hydrogens is 252 g/mol. The van der Waals surface area contributed by atoms with Gasteiger partial charge in [-0.2, -0.15) is 5.26 Å². The van der Waals surface area contributed by atoms with Gasteiger partial charge in [0.05, 0.1) is 17.8 Å². The van der Waals surface area contributed by atoms with Crippen LogP contribution in [-0.4, -0.2) is 9.97 Å². The van der Waals surface area contributed by atoms with Crippen LogP contribution in [0.25, 0.3) is 0 Å². The minimum Gasteiger partial charge on any atom is -0.444 e. The average Bonchev–Trinajstić information content (AvgIpc) is 2.67. The number of pyridine rings is 1. The quantitative estimate of drug-likeness (QED) is 0.921. The Morgan fingerprint density at radius 1 is 1.50 bits per heavy atom. The van der Waals surface area contributed by atoms with Crippen molar-refractivity contribution in [3.05, 3.63) is 40.2 Å². The van der Waals surface area contributed by atoms with Crippen molar-refractivity contribution in [2.45, 2.75) is 20.4 Å². The molecule has 2 rings (SSSR count). The molecule has 0 aromatic carbocycles. The molecular formula is C12H11ClN4O. The fourth-order valence-electron chi connectivity index (χ4n) is 1.43. The molecule has 0 radical (unpaired) electrons. The molecule has 0 unspecified atom stereocenters. The first-order valence-electron chi connectivity index (χ1n) is 5.33. The van der Waals surface area contributed by atoms with E-state index < -0.39 is 0 Å². The van der Waals surface area contributed by atoms with Crippen molar-refractivity contribution in [2.75, 3.05) is 5.32 Å². The Kier molecular flexibility index (Phi) is 3.49. The molecule has 0 aliphatic heterocycles. The SMILES string of the molecule is Cc1nc(CNc2nccc(C#N)c2Cl)oc1C. The Hall–Kier alpha value is -2.06. The van der Waals surface area contributed by atoms with Gasteiger partial charge >= 0.3 is 0 Å². The Bertz CT molecular complexity index is 596. The van der Waals surface area contributed by atoms with Gasteiger partial charge in [-0.1, -0.05) is 11.6 Å². The predicted octanol–water partition coefficient (Wildman–Crippen LogP) is 2.82. The maximum Gasteiger partial charge on any atom is 0.213 e. The van der Waals surface area contributed by atoms with E-state index >= 15 is 0 Å². The molecule has 6 heteroatoms.